The molecule has 0 bridgehead atoms. The topological polar surface area (TPSA) is 69.4 Å². The molecule has 1 aromatic rings. The number of primary sulfonamides is 1. The third-order valence-corrected chi connectivity index (χ3v) is 3.79. The third-order valence-electron chi connectivity index (χ3n) is 2.26. The first-order valence-corrected chi connectivity index (χ1v) is 7.67. The van der Waals surface area contributed by atoms with E-state index in [-0.39, 0.29) is 11.0 Å². The van der Waals surface area contributed by atoms with Crippen molar-refractivity contribution in [3.63, 3.8) is 0 Å². The van der Waals surface area contributed by atoms with Gasteiger partial charge in [-0.05, 0) is 47.5 Å². The zero-order valence-electron chi connectivity index (χ0n) is 9.81. The molecule has 0 fully saturated rings. The minimum absolute atomic E-state index is 0.0693. The standard InChI is InChI=1S/C11H16BrNO3S/c1-3-4-8(2)16-11-6-5-9(7-10(11)12)17(13,14)15/h5-8H,3-4H2,1-2H3,(H2,13,14,15). The van der Waals surface area contributed by atoms with Crippen molar-refractivity contribution < 1.29 is 13.2 Å². The summed E-state index contributed by atoms with van der Waals surface area (Å²) in [4.78, 5) is 0.0693. The first kappa shape index (κ1) is 14.5. The highest BCUT2D eigenvalue weighted by atomic mass is 79.9. The highest BCUT2D eigenvalue weighted by Crippen LogP contribution is 2.28. The summed E-state index contributed by atoms with van der Waals surface area (Å²) in [7, 11) is -3.67. The lowest BCUT2D eigenvalue weighted by Crippen LogP contribution is -2.13. The van der Waals surface area contributed by atoms with Gasteiger partial charge in [0.25, 0.3) is 0 Å². The molecule has 1 atom stereocenters. The van der Waals surface area contributed by atoms with E-state index in [9.17, 15) is 8.42 Å². The second kappa shape index (κ2) is 5.84. The van der Waals surface area contributed by atoms with Crippen LogP contribution in [0.4, 0.5) is 0 Å². The second-order valence-electron chi connectivity index (χ2n) is 3.85. The SMILES string of the molecule is CCCC(C)Oc1ccc(S(N)(=O)=O)cc1Br. The molecule has 17 heavy (non-hydrogen) atoms. The Morgan fingerprint density at radius 3 is 2.59 bits per heavy atom. The van der Waals surface area contributed by atoms with Crippen LogP contribution in [0.2, 0.25) is 0 Å². The van der Waals surface area contributed by atoms with Gasteiger partial charge >= 0.3 is 0 Å². The van der Waals surface area contributed by atoms with Gasteiger partial charge in [-0.1, -0.05) is 13.3 Å². The fourth-order valence-electron chi connectivity index (χ4n) is 1.44. The normalized spacial score (nSPS) is 13.4. The van der Waals surface area contributed by atoms with Gasteiger partial charge in [0.2, 0.25) is 10.0 Å². The van der Waals surface area contributed by atoms with Crippen molar-refractivity contribution in [2.45, 2.75) is 37.7 Å². The van der Waals surface area contributed by atoms with Crippen molar-refractivity contribution in [1.82, 2.24) is 0 Å². The van der Waals surface area contributed by atoms with Crippen LogP contribution in [-0.4, -0.2) is 14.5 Å². The number of ether oxygens (including phenoxy) is 1. The zero-order chi connectivity index (χ0) is 13.1. The van der Waals surface area contributed by atoms with Crippen LogP contribution in [0.3, 0.4) is 0 Å². The molecule has 6 heteroatoms. The van der Waals surface area contributed by atoms with Gasteiger partial charge in [0, 0.05) is 0 Å². The number of rotatable bonds is 5. The van der Waals surface area contributed by atoms with Crippen molar-refractivity contribution in [2.24, 2.45) is 5.14 Å². The summed E-state index contributed by atoms with van der Waals surface area (Å²) in [5, 5.41) is 5.04. The van der Waals surface area contributed by atoms with Crippen molar-refractivity contribution in [3.8, 4) is 5.75 Å². The van der Waals surface area contributed by atoms with Crippen LogP contribution in [0.15, 0.2) is 27.6 Å². The molecular weight excluding hydrogens is 306 g/mol. The van der Waals surface area contributed by atoms with E-state index in [4.69, 9.17) is 9.88 Å². The summed E-state index contributed by atoms with van der Waals surface area (Å²) < 4.78 is 28.5. The van der Waals surface area contributed by atoms with Crippen LogP contribution >= 0.6 is 15.9 Å². The Hall–Kier alpha value is -0.590. The molecule has 0 aliphatic carbocycles. The molecule has 1 rings (SSSR count). The molecule has 0 amide bonds. The molecule has 0 saturated heterocycles. The molecule has 1 aromatic carbocycles. The van der Waals surface area contributed by atoms with Gasteiger partial charge in [-0.3, -0.25) is 0 Å². The predicted octanol–water partition coefficient (Wildman–Crippen LogP) is 2.66. The highest BCUT2D eigenvalue weighted by molar-refractivity contribution is 9.10. The van der Waals surface area contributed by atoms with Gasteiger partial charge in [0.15, 0.2) is 0 Å². The third kappa shape index (κ3) is 4.29. The van der Waals surface area contributed by atoms with Gasteiger partial charge in [-0.15, -0.1) is 0 Å². The molecule has 0 aliphatic heterocycles. The second-order valence-corrected chi connectivity index (χ2v) is 6.27. The first-order chi connectivity index (χ1) is 7.84. The number of nitrogens with two attached hydrogens (primary N) is 1. The maximum atomic E-state index is 11.1. The summed E-state index contributed by atoms with van der Waals surface area (Å²) in [6.45, 7) is 4.06. The van der Waals surface area contributed by atoms with Crippen molar-refractivity contribution in [2.75, 3.05) is 0 Å². The zero-order valence-corrected chi connectivity index (χ0v) is 12.2. The maximum Gasteiger partial charge on any atom is 0.238 e. The Kier molecular flexibility index (Phi) is 4.97. The molecule has 2 N–H and O–H groups in total. The van der Waals surface area contributed by atoms with Gasteiger partial charge in [-0.25, -0.2) is 13.6 Å². The summed E-state index contributed by atoms with van der Waals surface area (Å²) >= 11 is 3.27. The average molecular weight is 322 g/mol. The quantitative estimate of drug-likeness (QED) is 0.906. The monoisotopic (exact) mass is 321 g/mol. The smallest absolute Gasteiger partial charge is 0.238 e. The number of halogens is 1. The van der Waals surface area contributed by atoms with Gasteiger partial charge in [0.05, 0.1) is 15.5 Å². The fourth-order valence-corrected chi connectivity index (χ4v) is 2.60. The van der Waals surface area contributed by atoms with Gasteiger partial charge in [-0.2, -0.15) is 0 Å². The van der Waals surface area contributed by atoms with Gasteiger partial charge < -0.3 is 4.74 Å². The number of hydrogen-bond donors (Lipinski definition) is 1. The highest BCUT2D eigenvalue weighted by Gasteiger charge is 2.12. The van der Waals surface area contributed by atoms with E-state index in [1.807, 2.05) is 6.92 Å². The van der Waals surface area contributed by atoms with E-state index in [1.54, 1.807) is 6.07 Å². The summed E-state index contributed by atoms with van der Waals surface area (Å²) in [6, 6.07) is 4.49. The van der Waals surface area contributed by atoms with Crippen molar-refractivity contribution >= 4 is 26.0 Å². The molecule has 0 heterocycles. The largest absolute Gasteiger partial charge is 0.490 e. The fraction of sp³-hybridized carbons (Fsp3) is 0.455. The van der Waals surface area contributed by atoms with Crippen LogP contribution in [0, 0.1) is 0 Å². The minimum Gasteiger partial charge on any atom is -0.490 e. The molecule has 0 radical (unpaired) electrons. The Bertz CT molecular complexity index is 487. The lowest BCUT2D eigenvalue weighted by molar-refractivity contribution is 0.208. The van der Waals surface area contributed by atoms with Crippen LogP contribution in [-0.2, 0) is 10.0 Å². The number of hydrogen-bond acceptors (Lipinski definition) is 3. The van der Waals surface area contributed by atoms with E-state index in [2.05, 4.69) is 22.9 Å². The Morgan fingerprint density at radius 2 is 2.12 bits per heavy atom. The van der Waals surface area contributed by atoms with E-state index in [1.165, 1.54) is 12.1 Å². The van der Waals surface area contributed by atoms with E-state index < -0.39 is 10.0 Å². The summed E-state index contributed by atoms with van der Waals surface area (Å²) in [6.07, 6.45) is 2.08. The molecule has 0 aromatic heterocycles. The number of benzene rings is 1. The minimum atomic E-state index is -3.67. The van der Waals surface area contributed by atoms with Crippen LogP contribution in [0.5, 0.6) is 5.75 Å². The van der Waals surface area contributed by atoms with Crippen LogP contribution in [0.25, 0.3) is 0 Å². The average Bonchev–Trinajstić information content (AvgIpc) is 2.20. The first-order valence-electron chi connectivity index (χ1n) is 5.33. The Morgan fingerprint density at radius 1 is 1.47 bits per heavy atom. The van der Waals surface area contributed by atoms with Crippen molar-refractivity contribution in [1.29, 1.82) is 0 Å². The summed E-state index contributed by atoms with van der Waals surface area (Å²) in [5.74, 6) is 0.623. The molecule has 1 unspecified atom stereocenters. The molecule has 4 nitrogen and oxygen atoms in total. The van der Waals surface area contributed by atoms with E-state index in [0.717, 1.165) is 12.8 Å². The van der Waals surface area contributed by atoms with E-state index in [0.29, 0.717) is 10.2 Å². The molecule has 0 spiro atoms. The predicted molar refractivity (Wildman–Crippen MR) is 70.5 cm³/mol. The summed E-state index contributed by atoms with van der Waals surface area (Å²) in [5.41, 5.74) is 0. The van der Waals surface area contributed by atoms with Gasteiger partial charge in [0.1, 0.15) is 5.75 Å². The van der Waals surface area contributed by atoms with Crippen molar-refractivity contribution in [3.05, 3.63) is 22.7 Å². The lowest BCUT2D eigenvalue weighted by atomic mass is 10.2. The maximum absolute atomic E-state index is 11.1. The molecule has 0 aliphatic rings. The molecule has 0 saturated carbocycles. The number of sulfonamides is 1. The van der Waals surface area contributed by atoms with Crippen LogP contribution in [0.1, 0.15) is 26.7 Å². The lowest BCUT2D eigenvalue weighted by Gasteiger charge is -2.15. The Labute approximate surface area is 110 Å². The van der Waals surface area contributed by atoms with Crippen LogP contribution < -0.4 is 9.88 Å². The Balaban J connectivity index is 2.91. The molecular formula is C11H16BrNO3S. The molecule has 96 valence electrons. The van der Waals surface area contributed by atoms with E-state index >= 15 is 0 Å².